The van der Waals surface area contributed by atoms with Crippen LogP contribution in [-0.4, -0.2) is 73.8 Å². The van der Waals surface area contributed by atoms with Gasteiger partial charge >= 0.3 is 0 Å². The molecule has 0 spiro atoms. The molecule has 0 bridgehead atoms. The molecule has 0 radical (unpaired) electrons. The van der Waals surface area contributed by atoms with E-state index in [1.54, 1.807) is 18.7 Å². The van der Waals surface area contributed by atoms with E-state index in [0.29, 0.717) is 5.56 Å². The summed E-state index contributed by atoms with van der Waals surface area (Å²) in [7, 11) is 0. The molecule has 194 valence electrons. The summed E-state index contributed by atoms with van der Waals surface area (Å²) in [6, 6.07) is 3.15. The lowest BCUT2D eigenvalue weighted by molar-refractivity contribution is -0.205. The minimum absolute atomic E-state index is 0.0645. The molecule has 6 nitrogen and oxygen atoms in total. The molecule has 0 saturated carbocycles. The highest BCUT2D eigenvalue weighted by Gasteiger charge is 2.37. The second-order valence-electron chi connectivity index (χ2n) is 9.30. The van der Waals surface area contributed by atoms with Crippen LogP contribution in [0.15, 0.2) is 23.1 Å². The molecular weight excluding hydrogens is 469 g/mol. The molecule has 1 fully saturated rings. The van der Waals surface area contributed by atoms with Crippen LogP contribution in [0.5, 0.6) is 0 Å². The quantitative estimate of drug-likeness (QED) is 0.356. The molecule has 1 aromatic carbocycles. The van der Waals surface area contributed by atoms with E-state index >= 15 is 0 Å². The largest absolute Gasteiger partial charge is 0.389 e. The first-order chi connectivity index (χ1) is 16.1. The molecule has 1 aromatic rings. The lowest BCUT2D eigenvalue weighted by Crippen LogP contribution is -2.62. The summed E-state index contributed by atoms with van der Waals surface area (Å²) < 4.78 is 51.6. The predicted octanol–water partition coefficient (Wildman–Crippen LogP) is 3.40. The Bertz CT molecular complexity index is 785. The van der Waals surface area contributed by atoms with Gasteiger partial charge < -0.3 is 25.2 Å². The van der Waals surface area contributed by atoms with Crippen molar-refractivity contribution in [1.82, 2.24) is 10.6 Å². The molecule has 1 heterocycles. The number of halogens is 3. The normalized spacial score (nSPS) is 22.9. The highest BCUT2D eigenvalue weighted by Crippen LogP contribution is 2.24. The van der Waals surface area contributed by atoms with E-state index in [-0.39, 0.29) is 37.4 Å². The molecule has 0 unspecified atom stereocenters. The van der Waals surface area contributed by atoms with Gasteiger partial charge in [0.1, 0.15) is 5.82 Å². The minimum Gasteiger partial charge on any atom is -0.389 e. The number of nitrogens with one attached hydrogen (secondary N) is 2. The van der Waals surface area contributed by atoms with Crippen LogP contribution in [0, 0.1) is 11.2 Å². The fraction of sp³-hybridized carbons (Fsp3) is 0.708. The number of alkyl halides is 2. The molecule has 0 aromatic heterocycles. The van der Waals surface area contributed by atoms with Crippen molar-refractivity contribution >= 4 is 17.7 Å². The fourth-order valence-corrected chi connectivity index (χ4v) is 4.56. The molecule has 1 saturated heterocycles. The van der Waals surface area contributed by atoms with Crippen LogP contribution in [0.3, 0.4) is 0 Å². The van der Waals surface area contributed by atoms with Crippen LogP contribution in [0.1, 0.15) is 39.7 Å². The molecule has 2 rings (SSSR count). The number of benzene rings is 1. The summed E-state index contributed by atoms with van der Waals surface area (Å²) in [5.41, 5.74) is -0.561. The summed E-state index contributed by atoms with van der Waals surface area (Å²) in [6.45, 7) is 4.86. The third-order valence-corrected chi connectivity index (χ3v) is 6.82. The Morgan fingerprint density at radius 1 is 1.38 bits per heavy atom. The van der Waals surface area contributed by atoms with Gasteiger partial charge in [-0.1, -0.05) is 13.8 Å². The fourth-order valence-electron chi connectivity index (χ4n) is 3.69. The van der Waals surface area contributed by atoms with E-state index in [1.165, 1.54) is 26.0 Å². The number of carbonyl (C=O) groups is 1. The van der Waals surface area contributed by atoms with Gasteiger partial charge in [-0.05, 0) is 49.3 Å². The van der Waals surface area contributed by atoms with Crippen molar-refractivity contribution in [2.75, 3.05) is 32.3 Å². The monoisotopic (exact) mass is 506 g/mol. The van der Waals surface area contributed by atoms with Gasteiger partial charge in [-0.3, -0.25) is 13.6 Å². The number of rotatable bonds is 13. The van der Waals surface area contributed by atoms with Gasteiger partial charge in [-0.2, -0.15) is 0 Å². The molecular formula is C24H37F3N2O4S. The number of carbonyl (C=O) groups excluding carboxylic acids is 1. The molecule has 5 atom stereocenters. The first kappa shape index (κ1) is 28.9. The van der Waals surface area contributed by atoms with Crippen LogP contribution in [0.2, 0.25) is 0 Å². The first-order valence-corrected chi connectivity index (χ1v) is 12.6. The van der Waals surface area contributed by atoms with Crippen molar-refractivity contribution in [1.29, 1.82) is 0 Å². The Labute approximate surface area is 204 Å². The van der Waals surface area contributed by atoms with E-state index in [0.717, 1.165) is 17.1 Å². The average molecular weight is 507 g/mol. The van der Waals surface area contributed by atoms with Gasteiger partial charge in [0, 0.05) is 17.2 Å². The zero-order valence-corrected chi connectivity index (χ0v) is 21.1. The Balaban J connectivity index is 2.05. The number of amides is 1. The van der Waals surface area contributed by atoms with Crippen molar-refractivity contribution < 1.29 is 32.5 Å². The summed E-state index contributed by atoms with van der Waals surface area (Å²) in [5.74, 6) is 0.179. The van der Waals surface area contributed by atoms with Gasteiger partial charge in [-0.15, -0.1) is 11.8 Å². The van der Waals surface area contributed by atoms with Crippen molar-refractivity contribution in [3.05, 3.63) is 29.6 Å². The smallest absolute Gasteiger partial charge is 0.217 e. The third kappa shape index (κ3) is 8.71. The summed E-state index contributed by atoms with van der Waals surface area (Å²) in [4.78, 5) is 12.6. The summed E-state index contributed by atoms with van der Waals surface area (Å²) in [6.07, 6.45) is -0.581. The van der Waals surface area contributed by atoms with Gasteiger partial charge in [0.25, 0.3) is 0 Å². The van der Waals surface area contributed by atoms with Gasteiger partial charge in [0.2, 0.25) is 5.91 Å². The van der Waals surface area contributed by atoms with Crippen LogP contribution in [0.4, 0.5) is 13.2 Å². The predicted molar refractivity (Wildman–Crippen MR) is 127 cm³/mol. The Kier molecular flexibility index (Phi) is 11.6. The number of thioether (sulfide) groups is 1. The standard InChI is InChI=1S/C24H37F3N2O4S/c1-5-6-34-19-8-17(7-18(27)10-19)9-20(29-16(3)30)22(31)21-11-32-23(15(2)28-21)33-14-24(4,12-25)13-26/h7-8,10,15,20-23,28,31H,5-6,9,11-14H2,1-4H3,(H,29,30)/t15-,20-,21+,22-,23-/m0/s1. The highest BCUT2D eigenvalue weighted by atomic mass is 32.2. The van der Waals surface area contributed by atoms with E-state index in [1.807, 2.05) is 13.0 Å². The SMILES string of the molecule is CCCSc1cc(F)cc(C[C@H](NC(C)=O)[C@H](O)[C@H]2CO[C@@H](OCC(C)(CF)CF)[C@H](C)N2)c1. The zero-order chi connectivity index (χ0) is 25.3. The topological polar surface area (TPSA) is 79.8 Å². The number of morpholine rings is 1. The Hall–Kier alpha value is -1.33. The van der Waals surface area contributed by atoms with Gasteiger partial charge in [0.05, 0.1) is 50.8 Å². The van der Waals surface area contributed by atoms with Crippen LogP contribution in [0.25, 0.3) is 0 Å². The van der Waals surface area contributed by atoms with E-state index < -0.39 is 43.2 Å². The third-order valence-electron chi connectivity index (χ3n) is 5.64. The summed E-state index contributed by atoms with van der Waals surface area (Å²) in [5, 5.41) is 17.0. The second-order valence-corrected chi connectivity index (χ2v) is 10.5. The second kappa shape index (κ2) is 13.7. The molecule has 34 heavy (non-hydrogen) atoms. The molecule has 0 aliphatic carbocycles. The van der Waals surface area contributed by atoms with Gasteiger partial charge in [0.15, 0.2) is 6.29 Å². The molecule has 10 heteroatoms. The average Bonchev–Trinajstić information content (AvgIpc) is 2.80. The number of ether oxygens (including phenoxy) is 2. The number of hydrogen-bond donors (Lipinski definition) is 3. The number of hydrogen-bond acceptors (Lipinski definition) is 6. The van der Waals surface area contributed by atoms with E-state index in [9.17, 15) is 23.1 Å². The number of aliphatic hydroxyl groups excluding tert-OH is 1. The van der Waals surface area contributed by atoms with Gasteiger partial charge in [-0.25, -0.2) is 4.39 Å². The van der Waals surface area contributed by atoms with Crippen molar-refractivity contribution in [3.63, 3.8) is 0 Å². The Morgan fingerprint density at radius 3 is 2.68 bits per heavy atom. The van der Waals surface area contributed by atoms with Crippen LogP contribution in [-0.2, 0) is 20.7 Å². The summed E-state index contributed by atoms with van der Waals surface area (Å²) >= 11 is 1.55. The molecule has 3 N–H and O–H groups in total. The maximum atomic E-state index is 14.2. The lowest BCUT2D eigenvalue weighted by atomic mass is 9.95. The molecule has 1 aliphatic rings. The number of aliphatic hydroxyl groups is 1. The van der Waals surface area contributed by atoms with Crippen LogP contribution >= 0.6 is 11.8 Å². The zero-order valence-electron chi connectivity index (χ0n) is 20.3. The first-order valence-electron chi connectivity index (χ1n) is 11.6. The maximum absolute atomic E-state index is 14.2. The van der Waals surface area contributed by atoms with Crippen molar-refractivity contribution in [2.24, 2.45) is 5.41 Å². The van der Waals surface area contributed by atoms with E-state index in [4.69, 9.17) is 9.47 Å². The van der Waals surface area contributed by atoms with Crippen molar-refractivity contribution in [2.45, 2.75) is 76.0 Å². The van der Waals surface area contributed by atoms with E-state index in [2.05, 4.69) is 10.6 Å². The lowest BCUT2D eigenvalue weighted by Gasteiger charge is -2.40. The maximum Gasteiger partial charge on any atom is 0.217 e. The van der Waals surface area contributed by atoms with Crippen molar-refractivity contribution in [3.8, 4) is 0 Å². The molecule has 1 amide bonds. The highest BCUT2D eigenvalue weighted by molar-refractivity contribution is 7.99. The Morgan fingerprint density at radius 2 is 2.09 bits per heavy atom. The minimum atomic E-state index is -1.23. The molecule has 1 aliphatic heterocycles. The van der Waals surface area contributed by atoms with Crippen LogP contribution < -0.4 is 10.6 Å².